The number of fused-ring (bicyclic) bond motifs is 9. The average Bonchev–Trinajstić information content (AvgIpc) is 3.88. The lowest BCUT2D eigenvalue weighted by Gasteiger charge is -2.19. The third-order valence-electron chi connectivity index (χ3n) is 10.1. The van der Waals surface area contributed by atoms with Gasteiger partial charge in [-0.15, -0.1) is 11.8 Å². The molecular formula is C45H27N3O2S. The minimum atomic E-state index is 0.269. The SMILES string of the molecule is C1=CC2c3ccccc3SC2C=C1c1nc(-c2ccccc2)nc(-c2c(-c3cccc4c3oc3ccccc34)ccc3oc4ccccc4c23)n1. The zero-order valence-electron chi connectivity index (χ0n) is 27.2. The summed E-state index contributed by atoms with van der Waals surface area (Å²) in [5, 5.41) is 4.38. The van der Waals surface area contributed by atoms with E-state index in [1.165, 1.54) is 10.5 Å². The molecule has 4 heterocycles. The van der Waals surface area contributed by atoms with E-state index in [0.717, 1.165) is 71.7 Å². The summed E-state index contributed by atoms with van der Waals surface area (Å²) in [6.45, 7) is 0. The van der Waals surface area contributed by atoms with Gasteiger partial charge in [0.25, 0.3) is 0 Å². The molecule has 1 aliphatic heterocycles. The third kappa shape index (κ3) is 4.46. The fourth-order valence-corrected chi connectivity index (χ4v) is 9.15. The maximum Gasteiger partial charge on any atom is 0.165 e. The van der Waals surface area contributed by atoms with Gasteiger partial charge in [-0.2, -0.15) is 0 Å². The molecular weight excluding hydrogens is 647 g/mol. The topological polar surface area (TPSA) is 65.0 Å². The van der Waals surface area contributed by atoms with E-state index in [0.29, 0.717) is 23.4 Å². The Morgan fingerprint density at radius 3 is 2.16 bits per heavy atom. The van der Waals surface area contributed by atoms with Crippen LogP contribution in [0.2, 0.25) is 0 Å². The Kier molecular flexibility index (Phi) is 6.24. The number of rotatable bonds is 4. The fraction of sp³-hybridized carbons (Fsp3) is 0.0444. The van der Waals surface area contributed by atoms with Crippen LogP contribution in [0.4, 0.5) is 0 Å². The van der Waals surface area contributed by atoms with Crippen LogP contribution < -0.4 is 0 Å². The summed E-state index contributed by atoms with van der Waals surface area (Å²) < 4.78 is 13.1. The number of benzene rings is 6. The van der Waals surface area contributed by atoms with Gasteiger partial charge in [0.05, 0.1) is 0 Å². The Labute approximate surface area is 297 Å². The van der Waals surface area contributed by atoms with Gasteiger partial charge in [0, 0.05) is 59.9 Å². The molecule has 2 unspecified atom stereocenters. The van der Waals surface area contributed by atoms with Crippen molar-refractivity contribution < 1.29 is 8.83 Å². The Hall–Kier alpha value is -6.24. The lowest BCUT2D eigenvalue weighted by atomic mass is 9.90. The van der Waals surface area contributed by atoms with Crippen LogP contribution in [0.5, 0.6) is 0 Å². The maximum absolute atomic E-state index is 6.59. The number of hydrogen-bond donors (Lipinski definition) is 0. The number of furan rings is 2. The van der Waals surface area contributed by atoms with Gasteiger partial charge in [0.2, 0.25) is 0 Å². The second-order valence-corrected chi connectivity index (χ2v) is 14.3. The molecule has 0 fully saturated rings. The predicted molar refractivity (Wildman–Crippen MR) is 207 cm³/mol. The van der Waals surface area contributed by atoms with E-state index in [9.17, 15) is 0 Å². The number of nitrogens with zero attached hydrogens (tertiary/aromatic N) is 3. The number of para-hydroxylation sites is 3. The molecule has 1 aliphatic carbocycles. The standard InChI is InChI=1S/C45H27N3O2S/c1-2-11-26(12-3-1)43-46-44(27-21-22-30-29-14-6-9-20-38(29)51-39(30)25-27)48-45(47-43)41-31(23-24-37-40(41)34-15-5-8-19-36(34)49-37)33-17-10-16-32-28-13-4-7-18-35(28)50-42(32)33/h1-25,30,39H. The summed E-state index contributed by atoms with van der Waals surface area (Å²) in [7, 11) is 0. The molecule has 0 amide bonds. The molecule has 0 bridgehead atoms. The van der Waals surface area contributed by atoms with E-state index < -0.39 is 0 Å². The monoisotopic (exact) mass is 673 g/mol. The smallest absolute Gasteiger partial charge is 0.165 e. The molecule has 0 N–H and O–H groups in total. The first-order valence-corrected chi connectivity index (χ1v) is 18.0. The number of thioether (sulfide) groups is 1. The van der Waals surface area contributed by atoms with Gasteiger partial charge in [0.15, 0.2) is 17.5 Å². The van der Waals surface area contributed by atoms with E-state index >= 15 is 0 Å². The Morgan fingerprint density at radius 2 is 1.25 bits per heavy atom. The largest absolute Gasteiger partial charge is 0.456 e. The highest BCUT2D eigenvalue weighted by molar-refractivity contribution is 8.00. The summed E-state index contributed by atoms with van der Waals surface area (Å²) in [6, 6.07) is 45.7. The van der Waals surface area contributed by atoms with Gasteiger partial charge in [-0.05, 0) is 41.5 Å². The molecule has 0 saturated carbocycles. The highest BCUT2D eigenvalue weighted by atomic mass is 32.2. The van der Waals surface area contributed by atoms with Crippen molar-refractivity contribution in [1.29, 1.82) is 0 Å². The van der Waals surface area contributed by atoms with Crippen LogP contribution in [0.3, 0.4) is 0 Å². The molecule has 6 aromatic carbocycles. The van der Waals surface area contributed by atoms with Gasteiger partial charge < -0.3 is 8.83 Å². The van der Waals surface area contributed by atoms with Gasteiger partial charge in [-0.1, -0.05) is 121 Å². The third-order valence-corrected chi connectivity index (χ3v) is 11.4. The number of aromatic nitrogens is 3. The van der Waals surface area contributed by atoms with Crippen LogP contribution in [0, 0.1) is 0 Å². The quantitative estimate of drug-likeness (QED) is 0.185. The van der Waals surface area contributed by atoms with Crippen LogP contribution in [0.1, 0.15) is 17.3 Å². The summed E-state index contributed by atoms with van der Waals surface area (Å²) in [4.78, 5) is 17.1. The Morgan fingerprint density at radius 1 is 0.529 bits per heavy atom. The molecule has 6 heteroatoms. The van der Waals surface area contributed by atoms with Crippen molar-refractivity contribution in [2.75, 3.05) is 0 Å². The molecule has 5 nitrogen and oxygen atoms in total. The fourth-order valence-electron chi connectivity index (χ4n) is 7.77. The molecule has 0 saturated heterocycles. The van der Waals surface area contributed by atoms with E-state index in [1.807, 2.05) is 60.3 Å². The molecule has 11 rings (SSSR count). The molecule has 2 aliphatic rings. The summed E-state index contributed by atoms with van der Waals surface area (Å²) in [5.41, 5.74) is 9.37. The van der Waals surface area contributed by atoms with Crippen molar-refractivity contribution in [1.82, 2.24) is 15.0 Å². The molecule has 51 heavy (non-hydrogen) atoms. The first-order chi connectivity index (χ1) is 25.3. The Balaban J connectivity index is 1.19. The predicted octanol–water partition coefficient (Wildman–Crippen LogP) is 11.9. The summed E-state index contributed by atoms with van der Waals surface area (Å²) >= 11 is 1.90. The van der Waals surface area contributed by atoms with Gasteiger partial charge >= 0.3 is 0 Å². The highest BCUT2D eigenvalue weighted by Gasteiger charge is 2.33. The van der Waals surface area contributed by atoms with Gasteiger partial charge in [0.1, 0.15) is 22.3 Å². The lowest BCUT2D eigenvalue weighted by molar-refractivity contribution is 0.668. The molecule has 3 aromatic heterocycles. The van der Waals surface area contributed by atoms with E-state index in [4.69, 9.17) is 23.8 Å². The average molecular weight is 674 g/mol. The van der Waals surface area contributed by atoms with Crippen molar-refractivity contribution in [2.45, 2.75) is 16.1 Å². The van der Waals surface area contributed by atoms with Crippen molar-refractivity contribution in [3.63, 3.8) is 0 Å². The molecule has 0 spiro atoms. The highest BCUT2D eigenvalue weighted by Crippen LogP contribution is 2.50. The van der Waals surface area contributed by atoms with Gasteiger partial charge in [-0.25, -0.2) is 15.0 Å². The van der Waals surface area contributed by atoms with E-state index in [-0.39, 0.29) is 5.25 Å². The number of allylic oxidation sites excluding steroid dienone is 3. The van der Waals surface area contributed by atoms with Crippen molar-refractivity contribution in [3.8, 4) is 33.9 Å². The second-order valence-electron chi connectivity index (χ2n) is 13.0. The minimum absolute atomic E-state index is 0.269. The van der Waals surface area contributed by atoms with Gasteiger partial charge in [-0.3, -0.25) is 0 Å². The summed E-state index contributed by atoms with van der Waals surface area (Å²) in [6.07, 6.45) is 6.82. The first-order valence-electron chi connectivity index (χ1n) is 17.1. The van der Waals surface area contributed by atoms with Crippen LogP contribution in [0.15, 0.2) is 165 Å². The Bertz CT molecular complexity index is 2920. The first kappa shape index (κ1) is 28.6. The maximum atomic E-state index is 6.59. The second kappa shape index (κ2) is 11.1. The molecule has 9 aromatic rings. The van der Waals surface area contributed by atoms with Crippen LogP contribution in [-0.4, -0.2) is 20.2 Å². The normalized spacial score (nSPS) is 16.6. The lowest BCUT2D eigenvalue weighted by Crippen LogP contribution is -2.11. The number of hydrogen-bond acceptors (Lipinski definition) is 6. The van der Waals surface area contributed by atoms with Crippen molar-refractivity contribution >= 4 is 61.2 Å². The van der Waals surface area contributed by atoms with Crippen LogP contribution in [-0.2, 0) is 0 Å². The van der Waals surface area contributed by atoms with Crippen molar-refractivity contribution in [3.05, 3.63) is 163 Å². The zero-order valence-corrected chi connectivity index (χ0v) is 28.0. The van der Waals surface area contributed by atoms with Crippen LogP contribution >= 0.6 is 11.8 Å². The zero-order chi connectivity index (χ0) is 33.5. The van der Waals surface area contributed by atoms with Crippen molar-refractivity contribution in [2.24, 2.45) is 0 Å². The van der Waals surface area contributed by atoms with Crippen LogP contribution in [0.25, 0.3) is 83.4 Å². The molecule has 240 valence electrons. The minimum Gasteiger partial charge on any atom is -0.456 e. The van der Waals surface area contributed by atoms with E-state index in [2.05, 4.69) is 103 Å². The van der Waals surface area contributed by atoms with E-state index in [1.54, 1.807) is 0 Å². The summed E-state index contributed by atoms with van der Waals surface area (Å²) in [5.74, 6) is 2.17. The molecule has 0 radical (unpaired) electrons. The molecule has 2 atom stereocenters.